The number of benzene rings is 2. The topological polar surface area (TPSA) is 73.7 Å². The quantitative estimate of drug-likeness (QED) is 0.494. The highest BCUT2D eigenvalue weighted by atomic mass is 32.1. The molecule has 0 unspecified atom stereocenters. The van der Waals surface area contributed by atoms with E-state index in [4.69, 9.17) is 26.4 Å². The summed E-state index contributed by atoms with van der Waals surface area (Å²) in [6, 6.07) is 13.2. The molecule has 0 fully saturated rings. The number of nitrogens with zero attached hydrogens (tertiary/aromatic N) is 3. The molecule has 0 radical (unpaired) electrons. The molecule has 8 heteroatoms. The van der Waals surface area contributed by atoms with Crippen molar-refractivity contribution in [1.29, 1.82) is 0 Å². The van der Waals surface area contributed by atoms with Gasteiger partial charge >= 0.3 is 0 Å². The summed E-state index contributed by atoms with van der Waals surface area (Å²) in [6.07, 6.45) is 1.66. The zero-order valence-electron chi connectivity index (χ0n) is 15.3. The van der Waals surface area contributed by atoms with Gasteiger partial charge in [-0.2, -0.15) is 14.9 Å². The van der Waals surface area contributed by atoms with E-state index in [-0.39, 0.29) is 0 Å². The van der Waals surface area contributed by atoms with Crippen LogP contribution in [0, 0.1) is 4.77 Å². The van der Waals surface area contributed by atoms with Crippen LogP contribution in [0.15, 0.2) is 47.6 Å². The van der Waals surface area contributed by atoms with Crippen molar-refractivity contribution in [3.8, 4) is 28.6 Å². The standard InChI is InChI=1S/C19H20N4O3S/c1-4-26-15-9-5-7-13(11-15)18-21-22-19(27)23(18)20-12-14-8-6-10-16(24-2)17(14)25-3/h5-12H,4H2,1-3H3,(H,22,27)/b20-12-. The van der Waals surface area contributed by atoms with Crippen molar-refractivity contribution in [1.82, 2.24) is 14.9 Å². The van der Waals surface area contributed by atoms with E-state index in [1.165, 1.54) is 0 Å². The number of aromatic nitrogens is 3. The number of hydrogen-bond acceptors (Lipinski definition) is 6. The highest BCUT2D eigenvalue weighted by Crippen LogP contribution is 2.29. The molecule has 0 saturated carbocycles. The van der Waals surface area contributed by atoms with Crippen LogP contribution in [0.5, 0.6) is 17.2 Å². The molecule has 1 aromatic heterocycles. The van der Waals surface area contributed by atoms with E-state index in [0.717, 1.165) is 16.9 Å². The Labute approximate surface area is 162 Å². The highest BCUT2D eigenvalue weighted by Gasteiger charge is 2.11. The summed E-state index contributed by atoms with van der Waals surface area (Å²) in [5, 5.41) is 11.6. The maximum Gasteiger partial charge on any atom is 0.216 e. The van der Waals surface area contributed by atoms with Crippen LogP contribution in [0.25, 0.3) is 11.4 Å². The highest BCUT2D eigenvalue weighted by molar-refractivity contribution is 7.71. The Kier molecular flexibility index (Phi) is 5.87. The molecule has 0 aliphatic carbocycles. The van der Waals surface area contributed by atoms with Crippen LogP contribution in [0.2, 0.25) is 0 Å². The Balaban J connectivity index is 2.00. The number of para-hydroxylation sites is 1. The number of ether oxygens (including phenoxy) is 3. The Bertz CT molecular complexity index is 1010. The van der Waals surface area contributed by atoms with Gasteiger partial charge in [0, 0.05) is 11.1 Å². The first-order valence-electron chi connectivity index (χ1n) is 8.34. The second kappa shape index (κ2) is 8.50. The maximum absolute atomic E-state index is 5.56. The normalized spacial score (nSPS) is 10.9. The Morgan fingerprint density at radius 1 is 1.19 bits per heavy atom. The Hall–Kier alpha value is -3.13. The molecular weight excluding hydrogens is 364 g/mol. The first kappa shape index (κ1) is 18.7. The van der Waals surface area contributed by atoms with Crippen LogP contribution in [-0.4, -0.2) is 41.9 Å². The van der Waals surface area contributed by atoms with Gasteiger partial charge in [0.25, 0.3) is 0 Å². The van der Waals surface area contributed by atoms with Gasteiger partial charge in [-0.25, -0.2) is 5.10 Å². The lowest BCUT2D eigenvalue weighted by atomic mass is 10.2. The molecule has 1 heterocycles. The van der Waals surface area contributed by atoms with Gasteiger partial charge in [-0.15, -0.1) is 0 Å². The summed E-state index contributed by atoms with van der Waals surface area (Å²) in [5.74, 6) is 2.56. The lowest BCUT2D eigenvalue weighted by Crippen LogP contribution is -1.98. The van der Waals surface area contributed by atoms with Crippen LogP contribution in [0.1, 0.15) is 12.5 Å². The molecular formula is C19H20N4O3S. The Morgan fingerprint density at radius 3 is 2.74 bits per heavy atom. The van der Waals surface area contributed by atoms with Gasteiger partial charge in [0.1, 0.15) is 5.75 Å². The molecule has 0 saturated heterocycles. The van der Waals surface area contributed by atoms with Gasteiger partial charge in [0.05, 0.1) is 27.0 Å². The SMILES string of the molecule is CCOc1cccc(-c2n[nH]c(=S)n2/N=C\c2cccc(OC)c2OC)c1. The molecule has 2 aromatic carbocycles. The van der Waals surface area contributed by atoms with Crippen molar-refractivity contribution in [3.63, 3.8) is 0 Å². The van der Waals surface area contributed by atoms with Crippen molar-refractivity contribution in [2.24, 2.45) is 5.10 Å². The van der Waals surface area contributed by atoms with Crippen LogP contribution in [-0.2, 0) is 0 Å². The molecule has 27 heavy (non-hydrogen) atoms. The second-order valence-corrected chi connectivity index (χ2v) is 5.84. The minimum absolute atomic E-state index is 0.380. The molecule has 0 atom stereocenters. The summed E-state index contributed by atoms with van der Waals surface area (Å²) in [5.41, 5.74) is 1.59. The maximum atomic E-state index is 5.56. The number of nitrogens with one attached hydrogen (secondary N) is 1. The van der Waals surface area contributed by atoms with E-state index in [9.17, 15) is 0 Å². The molecule has 3 rings (SSSR count). The zero-order chi connectivity index (χ0) is 19.2. The number of hydrogen-bond donors (Lipinski definition) is 1. The summed E-state index contributed by atoms with van der Waals surface area (Å²) in [4.78, 5) is 0. The van der Waals surface area contributed by atoms with Crippen LogP contribution in [0.4, 0.5) is 0 Å². The number of rotatable bonds is 7. The average Bonchev–Trinajstić information content (AvgIpc) is 3.06. The average molecular weight is 384 g/mol. The molecule has 7 nitrogen and oxygen atoms in total. The summed E-state index contributed by atoms with van der Waals surface area (Å²) >= 11 is 5.33. The predicted molar refractivity (Wildman–Crippen MR) is 107 cm³/mol. The molecule has 140 valence electrons. The smallest absolute Gasteiger partial charge is 0.216 e. The predicted octanol–water partition coefficient (Wildman–Crippen LogP) is 3.91. The first-order chi connectivity index (χ1) is 13.2. The third-order valence-electron chi connectivity index (χ3n) is 3.80. The molecule has 0 bridgehead atoms. The largest absolute Gasteiger partial charge is 0.494 e. The monoisotopic (exact) mass is 384 g/mol. The zero-order valence-corrected chi connectivity index (χ0v) is 16.1. The lowest BCUT2D eigenvalue weighted by molar-refractivity contribution is 0.340. The molecule has 0 amide bonds. The Morgan fingerprint density at radius 2 is 2.00 bits per heavy atom. The van der Waals surface area contributed by atoms with Gasteiger partial charge in [-0.1, -0.05) is 18.2 Å². The third-order valence-corrected chi connectivity index (χ3v) is 4.06. The lowest BCUT2D eigenvalue weighted by Gasteiger charge is -2.09. The van der Waals surface area contributed by atoms with Crippen molar-refractivity contribution < 1.29 is 14.2 Å². The molecule has 0 aliphatic rings. The molecule has 0 spiro atoms. The van der Waals surface area contributed by atoms with Gasteiger partial charge in [-0.3, -0.25) is 0 Å². The second-order valence-electron chi connectivity index (χ2n) is 5.45. The van der Waals surface area contributed by atoms with E-state index in [1.54, 1.807) is 25.1 Å². The van der Waals surface area contributed by atoms with Crippen molar-refractivity contribution >= 4 is 18.4 Å². The van der Waals surface area contributed by atoms with Crippen LogP contribution in [0.3, 0.4) is 0 Å². The fourth-order valence-corrected chi connectivity index (χ4v) is 2.79. The summed E-state index contributed by atoms with van der Waals surface area (Å²) in [7, 11) is 3.18. The van der Waals surface area contributed by atoms with Gasteiger partial charge < -0.3 is 14.2 Å². The summed E-state index contributed by atoms with van der Waals surface area (Å²) < 4.78 is 18.2. The number of methoxy groups -OCH3 is 2. The van der Waals surface area contributed by atoms with Crippen molar-refractivity contribution in [2.75, 3.05) is 20.8 Å². The van der Waals surface area contributed by atoms with Crippen LogP contribution >= 0.6 is 12.2 Å². The van der Waals surface area contributed by atoms with Gasteiger partial charge in [-0.05, 0) is 43.4 Å². The third kappa shape index (κ3) is 4.01. The van der Waals surface area contributed by atoms with E-state index in [2.05, 4.69) is 15.3 Å². The molecule has 3 aromatic rings. The number of H-pyrrole nitrogens is 1. The minimum Gasteiger partial charge on any atom is -0.494 e. The fraction of sp³-hybridized carbons (Fsp3) is 0.211. The van der Waals surface area contributed by atoms with E-state index in [0.29, 0.717) is 28.7 Å². The summed E-state index contributed by atoms with van der Waals surface area (Å²) in [6.45, 7) is 2.53. The first-order valence-corrected chi connectivity index (χ1v) is 8.74. The van der Waals surface area contributed by atoms with E-state index in [1.807, 2.05) is 49.4 Å². The van der Waals surface area contributed by atoms with Crippen molar-refractivity contribution in [2.45, 2.75) is 6.92 Å². The number of aromatic amines is 1. The van der Waals surface area contributed by atoms with Crippen LogP contribution < -0.4 is 14.2 Å². The van der Waals surface area contributed by atoms with Gasteiger partial charge in [0.2, 0.25) is 4.77 Å². The molecule has 1 N–H and O–H groups in total. The van der Waals surface area contributed by atoms with E-state index >= 15 is 0 Å². The van der Waals surface area contributed by atoms with E-state index < -0.39 is 0 Å². The fourth-order valence-electron chi connectivity index (χ4n) is 2.61. The minimum atomic E-state index is 0.380. The molecule has 0 aliphatic heterocycles. The van der Waals surface area contributed by atoms with Gasteiger partial charge in [0.15, 0.2) is 17.3 Å². The van der Waals surface area contributed by atoms with Crippen molar-refractivity contribution in [3.05, 3.63) is 52.8 Å².